The fourth-order valence-electron chi connectivity index (χ4n) is 2.01. The number of hydrogen-bond donors (Lipinski definition) is 2. The fourth-order valence-corrected chi connectivity index (χ4v) is 2.76. The van der Waals surface area contributed by atoms with E-state index in [2.05, 4.69) is 10.3 Å². The Morgan fingerprint density at radius 2 is 2.00 bits per heavy atom. The second kappa shape index (κ2) is 7.56. The molecule has 1 aromatic heterocycles. The minimum Gasteiger partial charge on any atom is -0.394 e. The Bertz CT molecular complexity index is 683. The Labute approximate surface area is 135 Å². The lowest BCUT2D eigenvalue weighted by molar-refractivity contribution is -0.121. The summed E-state index contributed by atoms with van der Waals surface area (Å²) in [5, 5.41) is 14.4. The Hall–Kier alpha value is -1.93. The van der Waals surface area contributed by atoms with Gasteiger partial charge in [0, 0.05) is 5.38 Å². The number of halogens is 3. The summed E-state index contributed by atoms with van der Waals surface area (Å²) in [5.74, 6) is -4.80. The molecule has 1 unspecified atom stereocenters. The van der Waals surface area contributed by atoms with Gasteiger partial charge in [0.2, 0.25) is 5.91 Å². The SMILES string of the molecule is CCc1nc(CC(=O)NC(CO)c2cc(F)c(F)c(F)c2)cs1. The van der Waals surface area contributed by atoms with E-state index in [-0.39, 0.29) is 12.0 Å². The molecular formula is C15H15F3N2O2S. The summed E-state index contributed by atoms with van der Waals surface area (Å²) >= 11 is 1.44. The Morgan fingerprint density at radius 3 is 2.52 bits per heavy atom. The Balaban J connectivity index is 2.08. The molecule has 2 N–H and O–H groups in total. The van der Waals surface area contributed by atoms with Crippen LogP contribution < -0.4 is 5.32 Å². The number of thiazole rings is 1. The predicted molar refractivity (Wildman–Crippen MR) is 79.5 cm³/mol. The van der Waals surface area contributed by atoms with Gasteiger partial charge in [-0.05, 0) is 24.1 Å². The summed E-state index contributed by atoms with van der Waals surface area (Å²) in [6.45, 7) is 1.37. The van der Waals surface area contributed by atoms with Crippen LogP contribution in [0.25, 0.3) is 0 Å². The first-order valence-corrected chi connectivity index (χ1v) is 7.80. The quantitative estimate of drug-likeness (QED) is 0.792. The van der Waals surface area contributed by atoms with Crippen LogP contribution in [0.2, 0.25) is 0 Å². The smallest absolute Gasteiger partial charge is 0.226 e. The van der Waals surface area contributed by atoms with E-state index in [0.717, 1.165) is 23.6 Å². The normalized spacial score (nSPS) is 12.2. The maximum atomic E-state index is 13.2. The molecule has 0 aliphatic heterocycles. The molecule has 0 aliphatic carbocycles. The Morgan fingerprint density at radius 1 is 1.35 bits per heavy atom. The molecular weight excluding hydrogens is 329 g/mol. The van der Waals surface area contributed by atoms with Crippen molar-refractivity contribution >= 4 is 17.2 Å². The number of aryl methyl sites for hydroxylation is 1. The van der Waals surface area contributed by atoms with Gasteiger partial charge < -0.3 is 10.4 Å². The number of rotatable bonds is 6. The number of amides is 1. The van der Waals surface area contributed by atoms with E-state index in [1.165, 1.54) is 11.3 Å². The highest BCUT2D eigenvalue weighted by Gasteiger charge is 2.19. The van der Waals surface area contributed by atoms with Crippen molar-refractivity contribution in [3.63, 3.8) is 0 Å². The van der Waals surface area contributed by atoms with Gasteiger partial charge in [0.25, 0.3) is 0 Å². The van der Waals surface area contributed by atoms with Gasteiger partial charge in [-0.1, -0.05) is 6.92 Å². The second-order valence-corrected chi connectivity index (χ2v) is 5.81. The molecule has 23 heavy (non-hydrogen) atoms. The molecule has 124 valence electrons. The van der Waals surface area contributed by atoms with Crippen LogP contribution in [0.3, 0.4) is 0 Å². The van der Waals surface area contributed by atoms with E-state index >= 15 is 0 Å². The number of aromatic nitrogens is 1. The Kier molecular flexibility index (Phi) is 5.73. The lowest BCUT2D eigenvalue weighted by Crippen LogP contribution is -2.32. The monoisotopic (exact) mass is 344 g/mol. The van der Waals surface area contributed by atoms with Crippen LogP contribution in [0.1, 0.15) is 29.2 Å². The van der Waals surface area contributed by atoms with Crippen molar-refractivity contribution in [3.8, 4) is 0 Å². The van der Waals surface area contributed by atoms with E-state index in [9.17, 15) is 23.1 Å². The van der Waals surface area contributed by atoms with Crippen LogP contribution in [0.15, 0.2) is 17.5 Å². The van der Waals surface area contributed by atoms with Crippen molar-refractivity contribution in [1.82, 2.24) is 10.3 Å². The molecule has 0 fully saturated rings. The molecule has 0 saturated heterocycles. The van der Waals surface area contributed by atoms with Crippen LogP contribution in [0.5, 0.6) is 0 Å². The first kappa shape index (κ1) is 17.4. The number of carbonyl (C=O) groups is 1. The summed E-state index contributed by atoms with van der Waals surface area (Å²) in [6, 6.07) is 0.464. The molecule has 1 atom stereocenters. The second-order valence-electron chi connectivity index (χ2n) is 4.86. The van der Waals surface area contributed by atoms with E-state index in [4.69, 9.17) is 0 Å². The van der Waals surface area contributed by atoms with Crippen molar-refractivity contribution in [3.05, 3.63) is 51.2 Å². The third-order valence-electron chi connectivity index (χ3n) is 3.17. The number of nitrogens with zero attached hydrogens (tertiary/aromatic N) is 1. The van der Waals surface area contributed by atoms with Gasteiger partial charge in [0.1, 0.15) is 0 Å². The molecule has 1 heterocycles. The minimum atomic E-state index is -1.59. The molecule has 2 aromatic rings. The minimum absolute atomic E-state index is 0.0147. The summed E-state index contributed by atoms with van der Waals surface area (Å²) in [6.07, 6.45) is 0.749. The van der Waals surface area contributed by atoms with Crippen molar-refractivity contribution in [1.29, 1.82) is 0 Å². The molecule has 2 rings (SSSR count). The molecule has 0 bridgehead atoms. The van der Waals surface area contributed by atoms with Gasteiger partial charge in [0.15, 0.2) is 17.5 Å². The van der Waals surface area contributed by atoms with Gasteiger partial charge in [-0.15, -0.1) is 11.3 Å². The van der Waals surface area contributed by atoms with Crippen LogP contribution >= 0.6 is 11.3 Å². The highest BCUT2D eigenvalue weighted by Crippen LogP contribution is 2.19. The molecule has 4 nitrogen and oxygen atoms in total. The van der Waals surface area contributed by atoms with E-state index < -0.39 is 36.0 Å². The molecule has 0 saturated carbocycles. The maximum Gasteiger partial charge on any atom is 0.226 e. The summed E-state index contributed by atoms with van der Waals surface area (Å²) in [4.78, 5) is 16.2. The summed E-state index contributed by atoms with van der Waals surface area (Å²) < 4.78 is 39.4. The number of aliphatic hydroxyl groups excluding tert-OH is 1. The standard InChI is InChI=1S/C15H15F3N2O2S/c1-2-14-19-9(7-23-14)5-13(22)20-12(6-21)8-3-10(16)15(18)11(17)4-8/h3-4,7,12,21H,2,5-6H2,1H3,(H,20,22). The van der Waals surface area contributed by atoms with Gasteiger partial charge in [-0.3, -0.25) is 4.79 Å². The van der Waals surface area contributed by atoms with Crippen LogP contribution in [0.4, 0.5) is 13.2 Å². The average molecular weight is 344 g/mol. The molecule has 1 aromatic carbocycles. The number of hydrogen-bond acceptors (Lipinski definition) is 4. The summed E-state index contributed by atoms with van der Waals surface area (Å²) in [7, 11) is 0. The van der Waals surface area contributed by atoms with Gasteiger partial charge in [0.05, 0.1) is 29.8 Å². The number of benzene rings is 1. The molecule has 1 amide bonds. The highest BCUT2D eigenvalue weighted by atomic mass is 32.1. The summed E-state index contributed by atoms with van der Waals surface area (Å²) in [5.41, 5.74) is 0.530. The third-order valence-corrected chi connectivity index (χ3v) is 4.21. The molecule has 0 aliphatic rings. The lowest BCUT2D eigenvalue weighted by atomic mass is 10.1. The van der Waals surface area contributed by atoms with E-state index in [0.29, 0.717) is 5.69 Å². The van der Waals surface area contributed by atoms with Crippen LogP contribution in [-0.2, 0) is 17.6 Å². The largest absolute Gasteiger partial charge is 0.394 e. The van der Waals surface area contributed by atoms with Gasteiger partial charge >= 0.3 is 0 Å². The third kappa shape index (κ3) is 4.29. The number of carbonyl (C=O) groups excluding carboxylic acids is 1. The van der Waals surface area contributed by atoms with Crippen LogP contribution in [0, 0.1) is 17.5 Å². The zero-order valence-electron chi connectivity index (χ0n) is 12.3. The van der Waals surface area contributed by atoms with Crippen LogP contribution in [-0.4, -0.2) is 22.6 Å². The van der Waals surface area contributed by atoms with E-state index in [1.807, 2.05) is 6.92 Å². The van der Waals surface area contributed by atoms with Crippen molar-refractivity contribution in [2.24, 2.45) is 0 Å². The first-order valence-electron chi connectivity index (χ1n) is 6.92. The topological polar surface area (TPSA) is 62.2 Å². The van der Waals surface area contributed by atoms with Crippen molar-refractivity contribution in [2.75, 3.05) is 6.61 Å². The highest BCUT2D eigenvalue weighted by molar-refractivity contribution is 7.09. The number of aliphatic hydroxyl groups is 1. The first-order chi connectivity index (χ1) is 10.9. The van der Waals surface area contributed by atoms with Gasteiger partial charge in [-0.2, -0.15) is 0 Å². The van der Waals surface area contributed by atoms with Gasteiger partial charge in [-0.25, -0.2) is 18.2 Å². The zero-order chi connectivity index (χ0) is 17.0. The fraction of sp³-hybridized carbons (Fsp3) is 0.333. The zero-order valence-corrected chi connectivity index (χ0v) is 13.1. The maximum absolute atomic E-state index is 13.2. The van der Waals surface area contributed by atoms with E-state index in [1.54, 1.807) is 5.38 Å². The predicted octanol–water partition coefficient (Wildman–Crippen LogP) is 2.52. The number of nitrogens with one attached hydrogen (secondary N) is 1. The van der Waals surface area contributed by atoms with Crippen molar-refractivity contribution < 1.29 is 23.1 Å². The molecule has 0 spiro atoms. The van der Waals surface area contributed by atoms with Crippen molar-refractivity contribution in [2.45, 2.75) is 25.8 Å². The average Bonchev–Trinajstić information content (AvgIpc) is 2.97. The molecule has 8 heteroatoms. The lowest BCUT2D eigenvalue weighted by Gasteiger charge is -2.17. The molecule has 0 radical (unpaired) electrons.